The summed E-state index contributed by atoms with van der Waals surface area (Å²) < 4.78 is 28.6. The Bertz CT molecular complexity index is 551. The highest BCUT2D eigenvalue weighted by atomic mass is 79.9. The van der Waals surface area contributed by atoms with Gasteiger partial charge < -0.3 is 0 Å². The molecular weight excluding hydrogens is 362 g/mol. The van der Waals surface area contributed by atoms with Crippen LogP contribution in [0, 0.1) is 5.92 Å². The minimum Gasteiger partial charge on any atom is -0.207 e. The van der Waals surface area contributed by atoms with Gasteiger partial charge in [-0.1, -0.05) is 22.9 Å². The Kier molecular flexibility index (Phi) is 5.16. The zero-order valence-corrected chi connectivity index (χ0v) is 14.6. The Balaban J connectivity index is 2.20. The van der Waals surface area contributed by atoms with Gasteiger partial charge in [0.2, 0.25) is 10.0 Å². The quantitative estimate of drug-likeness (QED) is 0.805. The number of nitrogens with one attached hydrogen (secondary N) is 1. The van der Waals surface area contributed by atoms with E-state index in [1.165, 1.54) is 0 Å². The van der Waals surface area contributed by atoms with Crippen LogP contribution in [0.3, 0.4) is 0 Å². The molecule has 0 unspecified atom stereocenters. The Morgan fingerprint density at radius 3 is 2.35 bits per heavy atom. The van der Waals surface area contributed by atoms with Gasteiger partial charge in [-0.05, 0) is 55.9 Å². The fourth-order valence-electron chi connectivity index (χ4n) is 2.54. The molecule has 0 aliphatic heterocycles. The molecule has 1 fully saturated rings. The second kappa shape index (κ2) is 6.34. The minimum absolute atomic E-state index is 0.281. The van der Waals surface area contributed by atoms with Crippen LogP contribution in [0.1, 0.15) is 32.6 Å². The predicted octanol–water partition coefficient (Wildman–Crippen LogP) is 3.92. The molecule has 1 aromatic carbocycles. The van der Waals surface area contributed by atoms with Gasteiger partial charge in [-0.25, -0.2) is 13.1 Å². The lowest BCUT2D eigenvalue weighted by Gasteiger charge is -2.38. The van der Waals surface area contributed by atoms with Gasteiger partial charge in [0.05, 0.1) is 4.90 Å². The van der Waals surface area contributed by atoms with Gasteiger partial charge in [-0.3, -0.25) is 0 Å². The first-order valence-electron chi connectivity index (χ1n) is 6.72. The van der Waals surface area contributed by atoms with Crippen LogP contribution in [0.2, 0.25) is 0 Å². The average molecular weight is 381 g/mol. The second-order valence-electron chi connectivity index (χ2n) is 5.66. The summed E-state index contributed by atoms with van der Waals surface area (Å²) in [5.74, 6) is 0.957. The van der Waals surface area contributed by atoms with E-state index in [1.807, 2.05) is 0 Å². The normalized spacial score (nSPS) is 27.4. The molecule has 112 valence electrons. The molecule has 0 bridgehead atoms. The molecule has 20 heavy (non-hydrogen) atoms. The van der Waals surface area contributed by atoms with Crippen LogP contribution in [-0.2, 0) is 10.0 Å². The Morgan fingerprint density at radius 2 is 1.85 bits per heavy atom. The van der Waals surface area contributed by atoms with Crippen molar-refractivity contribution in [2.24, 2.45) is 5.92 Å². The van der Waals surface area contributed by atoms with Crippen LogP contribution < -0.4 is 4.72 Å². The van der Waals surface area contributed by atoms with Crippen molar-refractivity contribution in [3.05, 3.63) is 28.7 Å². The van der Waals surface area contributed by atoms with E-state index < -0.39 is 15.6 Å². The lowest BCUT2D eigenvalue weighted by Crippen LogP contribution is -2.51. The number of hydrogen-bond donors (Lipinski definition) is 1. The Hall–Kier alpha value is -0.100. The molecule has 0 aromatic heterocycles. The minimum atomic E-state index is -3.52. The van der Waals surface area contributed by atoms with Gasteiger partial charge in [0, 0.05) is 15.9 Å². The molecule has 0 spiro atoms. The lowest BCUT2D eigenvalue weighted by atomic mass is 9.79. The molecule has 0 heterocycles. The summed E-state index contributed by atoms with van der Waals surface area (Å²) in [6.45, 7) is 2.20. The number of sulfonamides is 1. The van der Waals surface area contributed by atoms with Crippen molar-refractivity contribution in [2.75, 3.05) is 5.88 Å². The molecule has 1 aliphatic rings. The number of benzene rings is 1. The number of rotatable bonds is 4. The van der Waals surface area contributed by atoms with Crippen LogP contribution in [0.5, 0.6) is 0 Å². The van der Waals surface area contributed by atoms with Gasteiger partial charge in [0.1, 0.15) is 0 Å². The first-order chi connectivity index (χ1) is 9.37. The Morgan fingerprint density at radius 1 is 1.30 bits per heavy atom. The lowest BCUT2D eigenvalue weighted by molar-refractivity contribution is 0.247. The van der Waals surface area contributed by atoms with Crippen LogP contribution >= 0.6 is 27.5 Å². The van der Waals surface area contributed by atoms with E-state index in [-0.39, 0.29) is 4.90 Å². The van der Waals surface area contributed by atoms with E-state index in [9.17, 15) is 8.42 Å². The number of hydrogen-bond acceptors (Lipinski definition) is 2. The van der Waals surface area contributed by atoms with Crippen molar-refractivity contribution in [1.29, 1.82) is 0 Å². The molecule has 0 saturated heterocycles. The zero-order valence-electron chi connectivity index (χ0n) is 11.4. The third-order valence-corrected chi connectivity index (χ3v) is 6.60. The first-order valence-corrected chi connectivity index (χ1v) is 9.53. The highest BCUT2D eigenvalue weighted by Gasteiger charge is 2.37. The van der Waals surface area contributed by atoms with Gasteiger partial charge in [-0.2, -0.15) is 0 Å². The maximum Gasteiger partial charge on any atom is 0.241 e. The SMILES string of the molecule is CC1CCC(CCl)(NS(=O)(=O)c2ccc(Br)cc2)CC1. The summed E-state index contributed by atoms with van der Waals surface area (Å²) >= 11 is 9.37. The maximum atomic E-state index is 12.5. The topological polar surface area (TPSA) is 46.2 Å². The smallest absolute Gasteiger partial charge is 0.207 e. The molecule has 0 atom stereocenters. The van der Waals surface area contributed by atoms with Crippen molar-refractivity contribution in [3.8, 4) is 0 Å². The van der Waals surface area contributed by atoms with Crippen LogP contribution in [0.25, 0.3) is 0 Å². The highest BCUT2D eigenvalue weighted by Crippen LogP contribution is 2.34. The van der Waals surface area contributed by atoms with E-state index in [0.29, 0.717) is 11.8 Å². The molecule has 2 rings (SSSR count). The number of alkyl halides is 1. The van der Waals surface area contributed by atoms with Crippen LogP contribution in [0.4, 0.5) is 0 Å². The van der Waals surface area contributed by atoms with Gasteiger partial charge in [-0.15, -0.1) is 11.6 Å². The number of halogens is 2. The van der Waals surface area contributed by atoms with Gasteiger partial charge in [0.25, 0.3) is 0 Å². The van der Waals surface area contributed by atoms with Gasteiger partial charge in [0.15, 0.2) is 0 Å². The molecule has 1 N–H and O–H groups in total. The third-order valence-electron chi connectivity index (χ3n) is 3.96. The van der Waals surface area contributed by atoms with Gasteiger partial charge >= 0.3 is 0 Å². The fraction of sp³-hybridized carbons (Fsp3) is 0.571. The second-order valence-corrected chi connectivity index (χ2v) is 8.52. The molecule has 1 aromatic rings. The van der Waals surface area contributed by atoms with Crippen LogP contribution in [-0.4, -0.2) is 19.8 Å². The average Bonchev–Trinajstić information content (AvgIpc) is 2.42. The summed E-state index contributed by atoms with van der Waals surface area (Å²) in [6.07, 6.45) is 3.62. The molecule has 1 aliphatic carbocycles. The van der Waals surface area contributed by atoms with Crippen molar-refractivity contribution in [1.82, 2.24) is 4.72 Å². The van der Waals surface area contributed by atoms with Crippen molar-refractivity contribution in [2.45, 2.75) is 43.0 Å². The van der Waals surface area contributed by atoms with E-state index in [2.05, 4.69) is 27.6 Å². The Labute approximate surface area is 134 Å². The summed E-state index contributed by atoms with van der Waals surface area (Å²) in [5.41, 5.74) is -0.500. The summed E-state index contributed by atoms with van der Waals surface area (Å²) in [7, 11) is -3.52. The van der Waals surface area contributed by atoms with E-state index >= 15 is 0 Å². The molecule has 6 heteroatoms. The summed E-state index contributed by atoms with van der Waals surface area (Å²) in [4.78, 5) is 0.281. The largest absolute Gasteiger partial charge is 0.241 e. The van der Waals surface area contributed by atoms with Crippen molar-refractivity contribution >= 4 is 37.6 Å². The molecule has 1 saturated carbocycles. The fourth-order valence-corrected chi connectivity index (χ4v) is 4.67. The van der Waals surface area contributed by atoms with Crippen molar-refractivity contribution < 1.29 is 8.42 Å². The standard InChI is InChI=1S/C14H19BrClNO2S/c1-11-6-8-14(10-16,9-7-11)17-20(18,19)13-4-2-12(15)3-5-13/h2-5,11,17H,6-10H2,1H3. The molecule has 3 nitrogen and oxygen atoms in total. The van der Waals surface area contributed by atoms with E-state index in [1.54, 1.807) is 24.3 Å². The monoisotopic (exact) mass is 379 g/mol. The van der Waals surface area contributed by atoms with E-state index in [4.69, 9.17) is 11.6 Å². The van der Waals surface area contributed by atoms with E-state index in [0.717, 1.165) is 30.2 Å². The summed E-state index contributed by atoms with van der Waals surface area (Å²) in [5, 5.41) is 0. The van der Waals surface area contributed by atoms with Crippen LogP contribution in [0.15, 0.2) is 33.6 Å². The third kappa shape index (κ3) is 3.75. The molecule has 0 radical (unpaired) electrons. The maximum absolute atomic E-state index is 12.5. The molecular formula is C14H19BrClNO2S. The molecule has 0 amide bonds. The predicted molar refractivity (Wildman–Crippen MR) is 85.5 cm³/mol. The summed E-state index contributed by atoms with van der Waals surface area (Å²) in [6, 6.07) is 6.65. The zero-order chi connectivity index (χ0) is 14.8. The van der Waals surface area contributed by atoms with Crippen molar-refractivity contribution in [3.63, 3.8) is 0 Å². The first kappa shape index (κ1) is 16.3. The highest BCUT2D eigenvalue weighted by molar-refractivity contribution is 9.10.